The van der Waals surface area contributed by atoms with Gasteiger partial charge in [-0.05, 0) is 31.0 Å². The third-order valence-corrected chi connectivity index (χ3v) is 4.12. The van der Waals surface area contributed by atoms with Crippen molar-refractivity contribution in [3.63, 3.8) is 0 Å². The Bertz CT molecular complexity index is 727. The summed E-state index contributed by atoms with van der Waals surface area (Å²) in [5.41, 5.74) is 3.85. The SMILES string of the molecule is O=C(O)C1=CC[C@@H]2NCCc3c2n1c1ccccc31. The van der Waals surface area contributed by atoms with Crippen LogP contribution in [0.1, 0.15) is 23.7 Å². The van der Waals surface area contributed by atoms with Crippen molar-refractivity contribution in [2.24, 2.45) is 0 Å². The second-order valence-corrected chi connectivity index (χ2v) is 5.10. The summed E-state index contributed by atoms with van der Waals surface area (Å²) in [6.07, 6.45) is 3.55. The van der Waals surface area contributed by atoms with Crippen LogP contribution in [0.2, 0.25) is 0 Å². The molecule has 4 heteroatoms. The number of aliphatic carboxylic acids is 1. The van der Waals surface area contributed by atoms with Crippen molar-refractivity contribution in [3.8, 4) is 0 Å². The predicted octanol–water partition coefficient (Wildman–Crippen LogP) is 2.16. The van der Waals surface area contributed by atoms with Gasteiger partial charge in [-0.1, -0.05) is 24.3 Å². The van der Waals surface area contributed by atoms with Crippen molar-refractivity contribution in [2.75, 3.05) is 6.54 Å². The van der Waals surface area contributed by atoms with Gasteiger partial charge in [0.25, 0.3) is 0 Å². The van der Waals surface area contributed by atoms with Gasteiger partial charge in [-0.3, -0.25) is 0 Å². The smallest absolute Gasteiger partial charge is 0.352 e. The number of carbonyl (C=O) groups is 1. The van der Waals surface area contributed by atoms with Crippen molar-refractivity contribution < 1.29 is 9.90 Å². The lowest BCUT2D eigenvalue weighted by Crippen LogP contribution is -2.33. The molecule has 0 saturated carbocycles. The highest BCUT2D eigenvalue weighted by atomic mass is 16.4. The molecule has 2 aliphatic heterocycles. The van der Waals surface area contributed by atoms with Gasteiger partial charge in [0.2, 0.25) is 0 Å². The maximum atomic E-state index is 11.5. The van der Waals surface area contributed by atoms with Crippen LogP contribution < -0.4 is 5.32 Å². The molecule has 0 spiro atoms. The van der Waals surface area contributed by atoms with E-state index in [0.29, 0.717) is 5.70 Å². The first-order valence-corrected chi connectivity index (χ1v) is 6.57. The normalized spacial score (nSPS) is 21.1. The Morgan fingerprint density at radius 2 is 2.21 bits per heavy atom. The lowest BCUT2D eigenvalue weighted by molar-refractivity contribution is -0.130. The van der Waals surface area contributed by atoms with Gasteiger partial charge in [0.05, 0.1) is 11.6 Å². The Balaban J connectivity index is 2.13. The molecular formula is C15H14N2O2. The molecule has 0 radical (unpaired) electrons. The van der Waals surface area contributed by atoms with Crippen LogP contribution in [-0.4, -0.2) is 22.2 Å². The van der Waals surface area contributed by atoms with E-state index in [0.717, 1.165) is 30.6 Å². The van der Waals surface area contributed by atoms with Crippen molar-refractivity contribution in [1.29, 1.82) is 0 Å². The van der Waals surface area contributed by atoms with Gasteiger partial charge in [-0.25, -0.2) is 4.79 Å². The summed E-state index contributed by atoms with van der Waals surface area (Å²) in [4.78, 5) is 11.5. The van der Waals surface area contributed by atoms with E-state index in [1.807, 2.05) is 28.8 Å². The first-order chi connectivity index (χ1) is 9.27. The molecule has 1 aromatic heterocycles. The summed E-state index contributed by atoms with van der Waals surface area (Å²) in [5.74, 6) is -0.854. The van der Waals surface area contributed by atoms with Gasteiger partial charge in [0.15, 0.2) is 0 Å². The molecule has 0 bridgehead atoms. The molecule has 4 rings (SSSR count). The fraction of sp³-hybridized carbons (Fsp3) is 0.267. The zero-order valence-electron chi connectivity index (χ0n) is 10.4. The fourth-order valence-corrected chi connectivity index (χ4v) is 3.38. The number of para-hydroxylation sites is 1. The minimum absolute atomic E-state index is 0.249. The number of hydrogen-bond donors (Lipinski definition) is 2. The Hall–Kier alpha value is -2.07. The van der Waals surface area contributed by atoms with Gasteiger partial charge in [0, 0.05) is 11.1 Å². The lowest BCUT2D eigenvalue weighted by atomic mass is 9.95. The number of nitrogens with zero attached hydrogens (tertiary/aromatic N) is 1. The monoisotopic (exact) mass is 254 g/mol. The quantitative estimate of drug-likeness (QED) is 0.820. The minimum atomic E-state index is -0.854. The first kappa shape index (κ1) is 10.8. The Kier molecular flexibility index (Phi) is 2.11. The molecule has 4 nitrogen and oxygen atoms in total. The number of aromatic nitrogens is 1. The molecule has 0 saturated heterocycles. The van der Waals surface area contributed by atoms with E-state index in [1.165, 1.54) is 10.9 Å². The number of benzene rings is 1. The van der Waals surface area contributed by atoms with Crippen LogP contribution in [0.3, 0.4) is 0 Å². The molecule has 1 atom stereocenters. The molecule has 2 N–H and O–H groups in total. The second kappa shape index (κ2) is 3.71. The highest BCUT2D eigenvalue weighted by Gasteiger charge is 2.32. The Labute approximate surface area is 110 Å². The van der Waals surface area contributed by atoms with Crippen LogP contribution in [0.25, 0.3) is 16.6 Å². The van der Waals surface area contributed by atoms with E-state index in [2.05, 4.69) is 11.4 Å². The highest BCUT2D eigenvalue weighted by molar-refractivity contribution is 6.12. The molecule has 2 aromatic rings. The van der Waals surface area contributed by atoms with Gasteiger partial charge in [-0.2, -0.15) is 0 Å². The van der Waals surface area contributed by atoms with Gasteiger partial charge < -0.3 is 15.0 Å². The van der Waals surface area contributed by atoms with Gasteiger partial charge in [-0.15, -0.1) is 0 Å². The largest absolute Gasteiger partial charge is 0.477 e. The summed E-state index contributed by atoms with van der Waals surface area (Å²) in [6.45, 7) is 0.960. The Morgan fingerprint density at radius 3 is 3.05 bits per heavy atom. The number of nitrogens with one attached hydrogen (secondary N) is 1. The van der Waals surface area contributed by atoms with Crippen molar-refractivity contribution in [3.05, 3.63) is 41.6 Å². The third-order valence-electron chi connectivity index (χ3n) is 4.12. The molecule has 1 aromatic carbocycles. The van der Waals surface area contributed by atoms with Crippen molar-refractivity contribution in [1.82, 2.24) is 9.88 Å². The van der Waals surface area contributed by atoms with Gasteiger partial charge >= 0.3 is 5.97 Å². The van der Waals surface area contributed by atoms with Crippen LogP contribution >= 0.6 is 0 Å². The van der Waals surface area contributed by atoms with Crippen molar-refractivity contribution >= 4 is 22.6 Å². The molecule has 0 amide bonds. The third kappa shape index (κ3) is 1.35. The summed E-state index contributed by atoms with van der Waals surface area (Å²) < 4.78 is 1.92. The lowest BCUT2D eigenvalue weighted by Gasteiger charge is -2.29. The number of carboxylic acids is 1. The van der Waals surface area contributed by atoms with Crippen molar-refractivity contribution in [2.45, 2.75) is 18.9 Å². The van der Waals surface area contributed by atoms with Crippen LogP contribution in [0.15, 0.2) is 30.3 Å². The molecule has 96 valence electrons. The van der Waals surface area contributed by atoms with E-state index in [1.54, 1.807) is 0 Å². The number of carboxylic acid groups (broad SMARTS) is 1. The van der Waals surface area contributed by atoms with E-state index in [-0.39, 0.29) is 6.04 Å². The van der Waals surface area contributed by atoms with E-state index >= 15 is 0 Å². The van der Waals surface area contributed by atoms with Gasteiger partial charge in [0.1, 0.15) is 5.70 Å². The standard InChI is InChI=1S/C15H14N2O2/c18-15(19)13-6-5-11-14-10(7-8-16-11)9-3-1-2-4-12(9)17(13)14/h1-4,6,11,16H,5,7-8H2,(H,18,19)/t11-/m0/s1. The number of fused-ring (bicyclic) bond motifs is 3. The summed E-state index contributed by atoms with van der Waals surface area (Å²) in [7, 11) is 0. The minimum Gasteiger partial charge on any atom is -0.477 e. The van der Waals surface area contributed by atoms with E-state index in [9.17, 15) is 9.90 Å². The summed E-state index contributed by atoms with van der Waals surface area (Å²) >= 11 is 0. The fourth-order valence-electron chi connectivity index (χ4n) is 3.38. The molecular weight excluding hydrogens is 240 g/mol. The highest BCUT2D eigenvalue weighted by Crippen LogP contribution is 2.39. The van der Waals surface area contributed by atoms with Crippen LogP contribution in [0.4, 0.5) is 0 Å². The van der Waals surface area contributed by atoms with E-state index < -0.39 is 5.97 Å². The van der Waals surface area contributed by atoms with Crippen LogP contribution in [0.5, 0.6) is 0 Å². The number of hydrogen-bond acceptors (Lipinski definition) is 2. The van der Waals surface area contributed by atoms with Crippen LogP contribution in [0, 0.1) is 0 Å². The zero-order chi connectivity index (χ0) is 13.0. The molecule has 19 heavy (non-hydrogen) atoms. The molecule has 0 unspecified atom stereocenters. The zero-order valence-corrected chi connectivity index (χ0v) is 10.4. The molecule has 0 aliphatic carbocycles. The average Bonchev–Trinajstić information content (AvgIpc) is 2.77. The molecule has 3 heterocycles. The topological polar surface area (TPSA) is 54.3 Å². The maximum Gasteiger partial charge on any atom is 0.352 e. The Morgan fingerprint density at radius 1 is 1.37 bits per heavy atom. The van der Waals surface area contributed by atoms with E-state index in [4.69, 9.17) is 0 Å². The summed E-state index contributed by atoms with van der Waals surface area (Å²) in [5, 5.41) is 14.1. The molecule has 2 aliphatic rings. The number of rotatable bonds is 1. The first-order valence-electron chi connectivity index (χ1n) is 6.57. The summed E-state index contributed by atoms with van der Waals surface area (Å²) in [6, 6.07) is 8.34. The maximum absolute atomic E-state index is 11.5. The second-order valence-electron chi connectivity index (χ2n) is 5.10. The van der Waals surface area contributed by atoms with Crippen LogP contribution in [-0.2, 0) is 11.2 Å². The molecule has 0 fully saturated rings. The predicted molar refractivity (Wildman–Crippen MR) is 72.9 cm³/mol. The average molecular weight is 254 g/mol.